The summed E-state index contributed by atoms with van der Waals surface area (Å²) in [6.45, 7) is 3.62. The van der Waals surface area contributed by atoms with Crippen LogP contribution in [-0.2, 0) is 0 Å². The van der Waals surface area contributed by atoms with Crippen LogP contribution < -0.4 is 11.5 Å². The summed E-state index contributed by atoms with van der Waals surface area (Å²) in [6.07, 6.45) is 1.50. The highest BCUT2D eigenvalue weighted by Gasteiger charge is 2.13. The van der Waals surface area contributed by atoms with Crippen LogP contribution >= 0.6 is 0 Å². The summed E-state index contributed by atoms with van der Waals surface area (Å²) in [5.41, 5.74) is 11.8. The molecule has 2 rings (SSSR count). The molecule has 0 aliphatic heterocycles. The maximum Gasteiger partial charge on any atom is 0.271 e. The normalized spacial score (nSPS) is 10.5. The molecule has 0 fully saturated rings. The van der Waals surface area contributed by atoms with Crippen LogP contribution in [0.15, 0.2) is 12.3 Å². The predicted octanol–water partition coefficient (Wildman–Crippen LogP) is -0.0398. The number of nitrogens with two attached hydrogens (primary N) is 2. The topological polar surface area (TPSA) is 113 Å². The first-order valence-corrected chi connectivity index (χ1v) is 4.95. The first kappa shape index (κ1) is 11.1. The van der Waals surface area contributed by atoms with Gasteiger partial charge in [-0.05, 0) is 13.8 Å². The molecule has 88 valence electrons. The van der Waals surface area contributed by atoms with Crippen molar-refractivity contribution >= 4 is 11.6 Å². The molecular weight excluding hydrogens is 220 g/mol. The third-order valence-electron chi connectivity index (χ3n) is 2.16. The second-order valence-electron chi connectivity index (χ2n) is 3.66. The van der Waals surface area contributed by atoms with Crippen LogP contribution in [0.5, 0.6) is 0 Å². The van der Waals surface area contributed by atoms with Gasteiger partial charge in [-0.1, -0.05) is 0 Å². The molecule has 0 saturated carbocycles. The predicted molar refractivity (Wildman–Crippen MR) is 61.6 cm³/mol. The molecule has 4 N–H and O–H groups in total. The van der Waals surface area contributed by atoms with Crippen molar-refractivity contribution in [1.82, 2.24) is 19.7 Å². The Hall–Kier alpha value is -2.44. The number of amides is 1. The maximum absolute atomic E-state index is 11.0. The minimum absolute atomic E-state index is 0.0407. The summed E-state index contributed by atoms with van der Waals surface area (Å²) in [5, 5.41) is 3.99. The largest absolute Gasteiger partial charge is 0.396 e. The molecule has 0 spiro atoms. The second-order valence-corrected chi connectivity index (χ2v) is 3.66. The summed E-state index contributed by atoms with van der Waals surface area (Å²) in [5.74, 6) is 0.507. The van der Waals surface area contributed by atoms with Gasteiger partial charge in [0.25, 0.3) is 5.91 Å². The lowest BCUT2D eigenvalue weighted by Gasteiger charge is -2.02. The Bertz CT molecular complexity index is 568. The van der Waals surface area contributed by atoms with E-state index in [4.69, 9.17) is 11.5 Å². The first-order valence-electron chi connectivity index (χ1n) is 4.95. The third kappa shape index (κ3) is 2.07. The van der Waals surface area contributed by atoms with Crippen molar-refractivity contribution < 1.29 is 4.79 Å². The third-order valence-corrected chi connectivity index (χ3v) is 2.16. The highest BCUT2D eigenvalue weighted by molar-refractivity contribution is 5.95. The Morgan fingerprint density at radius 1 is 1.35 bits per heavy atom. The van der Waals surface area contributed by atoms with Gasteiger partial charge in [0, 0.05) is 11.8 Å². The Kier molecular flexibility index (Phi) is 2.51. The lowest BCUT2D eigenvalue weighted by Crippen LogP contribution is -2.14. The number of carbonyl (C=O) groups is 1. The van der Waals surface area contributed by atoms with Crippen molar-refractivity contribution in [2.45, 2.75) is 13.8 Å². The van der Waals surface area contributed by atoms with Crippen molar-refractivity contribution in [1.29, 1.82) is 0 Å². The van der Waals surface area contributed by atoms with Gasteiger partial charge in [-0.15, -0.1) is 0 Å². The quantitative estimate of drug-likeness (QED) is 0.754. The number of nitrogens with zero attached hydrogens (tertiary/aromatic N) is 4. The summed E-state index contributed by atoms with van der Waals surface area (Å²) in [7, 11) is 0. The number of aromatic nitrogens is 4. The number of nitrogen functional groups attached to an aromatic ring is 1. The molecule has 0 aliphatic carbocycles. The summed E-state index contributed by atoms with van der Waals surface area (Å²) < 4.78 is 1.41. The standard InChI is InChI=1S/C10H12N6O/c1-5-3-8(14-6(2)13-5)16-4-7(11)9(15-16)10(12)17/h3-4H,11H2,1-2H3,(H2,12,17). The number of hydrogen-bond acceptors (Lipinski definition) is 5. The van der Waals surface area contributed by atoms with Gasteiger partial charge in [0.05, 0.1) is 11.9 Å². The first-order chi connectivity index (χ1) is 7.97. The van der Waals surface area contributed by atoms with E-state index >= 15 is 0 Å². The van der Waals surface area contributed by atoms with Gasteiger partial charge < -0.3 is 11.5 Å². The average molecular weight is 232 g/mol. The van der Waals surface area contributed by atoms with Crippen LogP contribution in [0.2, 0.25) is 0 Å². The van der Waals surface area contributed by atoms with Gasteiger partial charge in [-0.25, -0.2) is 14.6 Å². The molecule has 0 radical (unpaired) electrons. The molecule has 7 heteroatoms. The van der Waals surface area contributed by atoms with Gasteiger partial charge in [-0.2, -0.15) is 5.10 Å². The number of carbonyl (C=O) groups excluding carboxylic acids is 1. The van der Waals surface area contributed by atoms with Crippen molar-refractivity contribution in [3.8, 4) is 5.82 Å². The molecule has 0 unspecified atom stereocenters. The van der Waals surface area contributed by atoms with E-state index in [1.54, 1.807) is 13.0 Å². The zero-order valence-corrected chi connectivity index (χ0v) is 9.51. The SMILES string of the molecule is Cc1cc(-n2cc(N)c(C(N)=O)n2)nc(C)n1. The van der Waals surface area contributed by atoms with Crippen LogP contribution in [0.3, 0.4) is 0 Å². The molecule has 0 atom stereocenters. The monoisotopic (exact) mass is 232 g/mol. The molecule has 1 amide bonds. The highest BCUT2D eigenvalue weighted by atomic mass is 16.1. The minimum Gasteiger partial charge on any atom is -0.396 e. The number of rotatable bonds is 2. The summed E-state index contributed by atoms with van der Waals surface area (Å²) in [6, 6.07) is 1.74. The van der Waals surface area contributed by atoms with E-state index < -0.39 is 5.91 Å². The number of primary amides is 1. The molecule has 0 saturated heterocycles. The van der Waals surface area contributed by atoms with Gasteiger partial charge >= 0.3 is 0 Å². The lowest BCUT2D eigenvalue weighted by molar-refractivity contribution is 0.0996. The van der Waals surface area contributed by atoms with Crippen LogP contribution in [0.4, 0.5) is 5.69 Å². The molecular formula is C10H12N6O. The Labute approximate surface area is 97.5 Å². The van der Waals surface area contributed by atoms with E-state index in [0.717, 1.165) is 5.69 Å². The molecule has 0 bridgehead atoms. The van der Waals surface area contributed by atoms with Gasteiger partial charge in [0.2, 0.25) is 0 Å². The number of hydrogen-bond donors (Lipinski definition) is 2. The van der Waals surface area contributed by atoms with Crippen LogP contribution in [0.1, 0.15) is 22.0 Å². The van der Waals surface area contributed by atoms with Gasteiger partial charge in [-0.3, -0.25) is 4.79 Å². The van der Waals surface area contributed by atoms with E-state index in [-0.39, 0.29) is 11.4 Å². The van der Waals surface area contributed by atoms with E-state index in [2.05, 4.69) is 15.1 Å². The number of anilines is 1. The minimum atomic E-state index is -0.663. The Morgan fingerprint density at radius 3 is 2.59 bits per heavy atom. The molecule has 2 aromatic heterocycles. The maximum atomic E-state index is 11.0. The fraction of sp³-hybridized carbons (Fsp3) is 0.200. The molecule has 2 aromatic rings. The zero-order valence-electron chi connectivity index (χ0n) is 9.51. The molecule has 7 nitrogen and oxygen atoms in total. The average Bonchev–Trinajstić information content (AvgIpc) is 2.59. The highest BCUT2D eigenvalue weighted by Crippen LogP contribution is 2.12. The van der Waals surface area contributed by atoms with Gasteiger partial charge in [0.1, 0.15) is 5.82 Å². The van der Waals surface area contributed by atoms with E-state index in [0.29, 0.717) is 11.6 Å². The fourth-order valence-electron chi connectivity index (χ4n) is 1.51. The summed E-state index contributed by atoms with van der Waals surface area (Å²) in [4.78, 5) is 19.4. The smallest absolute Gasteiger partial charge is 0.271 e. The van der Waals surface area contributed by atoms with E-state index in [9.17, 15) is 4.79 Å². The van der Waals surface area contributed by atoms with Crippen LogP contribution in [-0.4, -0.2) is 25.7 Å². The Morgan fingerprint density at radius 2 is 2.06 bits per heavy atom. The Balaban J connectivity index is 2.53. The van der Waals surface area contributed by atoms with E-state index in [1.165, 1.54) is 10.9 Å². The van der Waals surface area contributed by atoms with E-state index in [1.807, 2.05) is 6.92 Å². The zero-order chi connectivity index (χ0) is 12.6. The van der Waals surface area contributed by atoms with Crippen molar-refractivity contribution in [2.24, 2.45) is 5.73 Å². The molecule has 17 heavy (non-hydrogen) atoms. The number of aryl methyl sites for hydroxylation is 2. The molecule has 0 aromatic carbocycles. The van der Waals surface area contributed by atoms with Gasteiger partial charge in [0.15, 0.2) is 11.5 Å². The molecule has 0 aliphatic rings. The second kappa shape index (κ2) is 3.85. The lowest BCUT2D eigenvalue weighted by atomic mass is 10.4. The van der Waals surface area contributed by atoms with Crippen LogP contribution in [0.25, 0.3) is 5.82 Å². The molecule has 2 heterocycles. The fourth-order valence-corrected chi connectivity index (χ4v) is 1.51. The van der Waals surface area contributed by atoms with Crippen molar-refractivity contribution in [3.63, 3.8) is 0 Å². The van der Waals surface area contributed by atoms with Crippen molar-refractivity contribution in [3.05, 3.63) is 29.5 Å². The van der Waals surface area contributed by atoms with Crippen LogP contribution in [0, 0.1) is 13.8 Å². The van der Waals surface area contributed by atoms with Crippen molar-refractivity contribution in [2.75, 3.05) is 5.73 Å². The summed E-state index contributed by atoms with van der Waals surface area (Å²) >= 11 is 0.